The summed E-state index contributed by atoms with van der Waals surface area (Å²) < 4.78 is 0. The summed E-state index contributed by atoms with van der Waals surface area (Å²) in [4.78, 5) is 11.5. The highest BCUT2D eigenvalue weighted by atomic mass is 15.1. The van der Waals surface area contributed by atoms with Gasteiger partial charge in [0, 0.05) is 12.6 Å². The lowest BCUT2D eigenvalue weighted by atomic mass is 10.1. The number of piperidine rings is 1. The Morgan fingerprint density at radius 3 is 2.74 bits per heavy atom. The molecule has 1 saturated heterocycles. The Kier molecular flexibility index (Phi) is 3.71. The normalized spacial score (nSPS) is 17.9. The van der Waals surface area contributed by atoms with Crippen molar-refractivity contribution in [1.29, 1.82) is 0 Å². The van der Waals surface area contributed by atoms with Crippen LogP contribution >= 0.6 is 0 Å². The molecule has 0 saturated carbocycles. The number of para-hydroxylation sites is 2. The lowest BCUT2D eigenvalue weighted by Crippen LogP contribution is -2.40. The van der Waals surface area contributed by atoms with E-state index in [1.54, 1.807) is 0 Å². The van der Waals surface area contributed by atoms with Crippen molar-refractivity contribution < 1.29 is 0 Å². The third kappa shape index (κ3) is 3.08. The van der Waals surface area contributed by atoms with Crippen LogP contribution in [0.1, 0.15) is 18.5 Å². The molecule has 1 aromatic heterocycles. The van der Waals surface area contributed by atoms with Gasteiger partial charge in [-0.05, 0) is 45.1 Å². The summed E-state index contributed by atoms with van der Waals surface area (Å²) in [6.07, 6.45) is 4.32. The summed E-state index contributed by atoms with van der Waals surface area (Å²) >= 11 is 0. The smallest absolute Gasteiger partial charge is 0.0890 e. The Morgan fingerprint density at radius 1 is 1.21 bits per heavy atom. The molecular formula is C15H20N4. The highest BCUT2D eigenvalue weighted by Gasteiger charge is 2.15. The first-order valence-electron chi connectivity index (χ1n) is 6.94. The molecule has 0 unspecified atom stereocenters. The molecule has 4 heteroatoms. The molecule has 3 rings (SSSR count). The first kappa shape index (κ1) is 12.5. The van der Waals surface area contributed by atoms with Crippen LogP contribution in [0.15, 0.2) is 30.5 Å². The maximum Gasteiger partial charge on any atom is 0.0890 e. The standard InChI is InChI=1S/C15H20N4/c1-19-8-6-12(7-9-19)16-10-13-11-17-14-4-2-3-5-15(14)18-13/h2-5,11-12,16H,6-10H2,1H3. The van der Waals surface area contributed by atoms with Gasteiger partial charge in [0.1, 0.15) is 0 Å². The number of nitrogens with one attached hydrogen (secondary N) is 1. The average Bonchev–Trinajstić information content (AvgIpc) is 2.46. The van der Waals surface area contributed by atoms with Crippen LogP contribution in [-0.2, 0) is 6.54 Å². The fraction of sp³-hybridized carbons (Fsp3) is 0.467. The van der Waals surface area contributed by atoms with E-state index in [0.29, 0.717) is 6.04 Å². The number of hydrogen-bond donors (Lipinski definition) is 1. The van der Waals surface area contributed by atoms with Crippen molar-refractivity contribution in [2.75, 3.05) is 20.1 Å². The third-order valence-electron chi connectivity index (χ3n) is 3.79. The van der Waals surface area contributed by atoms with Crippen molar-refractivity contribution in [1.82, 2.24) is 20.2 Å². The predicted octanol–water partition coefficient (Wildman–Crippen LogP) is 1.81. The Morgan fingerprint density at radius 2 is 1.95 bits per heavy atom. The molecule has 1 aliphatic rings. The molecule has 0 atom stereocenters. The van der Waals surface area contributed by atoms with Crippen molar-refractivity contribution in [2.45, 2.75) is 25.4 Å². The van der Waals surface area contributed by atoms with Crippen molar-refractivity contribution in [2.24, 2.45) is 0 Å². The number of rotatable bonds is 3. The van der Waals surface area contributed by atoms with E-state index < -0.39 is 0 Å². The minimum absolute atomic E-state index is 0.615. The summed E-state index contributed by atoms with van der Waals surface area (Å²) in [5.74, 6) is 0. The maximum absolute atomic E-state index is 4.64. The molecular weight excluding hydrogens is 236 g/mol. The quantitative estimate of drug-likeness (QED) is 0.909. The van der Waals surface area contributed by atoms with Crippen molar-refractivity contribution in [3.05, 3.63) is 36.2 Å². The summed E-state index contributed by atoms with van der Waals surface area (Å²) in [5.41, 5.74) is 2.97. The molecule has 0 aliphatic carbocycles. The van der Waals surface area contributed by atoms with Crippen molar-refractivity contribution >= 4 is 11.0 Å². The van der Waals surface area contributed by atoms with Gasteiger partial charge in [0.15, 0.2) is 0 Å². The fourth-order valence-electron chi connectivity index (χ4n) is 2.54. The van der Waals surface area contributed by atoms with E-state index in [-0.39, 0.29) is 0 Å². The second kappa shape index (κ2) is 5.63. The van der Waals surface area contributed by atoms with Gasteiger partial charge in [-0.3, -0.25) is 4.98 Å². The number of likely N-dealkylation sites (tertiary alicyclic amines) is 1. The van der Waals surface area contributed by atoms with E-state index in [1.165, 1.54) is 25.9 Å². The zero-order valence-corrected chi connectivity index (χ0v) is 11.3. The minimum atomic E-state index is 0.615. The fourth-order valence-corrected chi connectivity index (χ4v) is 2.54. The molecule has 0 radical (unpaired) electrons. The van der Waals surface area contributed by atoms with Gasteiger partial charge in [0.25, 0.3) is 0 Å². The van der Waals surface area contributed by atoms with Crippen LogP contribution in [0.2, 0.25) is 0 Å². The van der Waals surface area contributed by atoms with E-state index >= 15 is 0 Å². The molecule has 100 valence electrons. The number of fused-ring (bicyclic) bond motifs is 1. The number of aromatic nitrogens is 2. The zero-order chi connectivity index (χ0) is 13.1. The Labute approximate surface area is 113 Å². The van der Waals surface area contributed by atoms with Crippen molar-refractivity contribution in [3.63, 3.8) is 0 Å². The first-order chi connectivity index (χ1) is 9.31. The molecule has 4 nitrogen and oxygen atoms in total. The highest BCUT2D eigenvalue weighted by molar-refractivity contribution is 5.73. The van der Waals surface area contributed by atoms with E-state index in [2.05, 4.69) is 27.2 Å². The average molecular weight is 256 g/mol. The third-order valence-corrected chi connectivity index (χ3v) is 3.79. The number of hydrogen-bond acceptors (Lipinski definition) is 4. The molecule has 0 amide bonds. The second-order valence-electron chi connectivity index (χ2n) is 5.31. The molecule has 1 aliphatic heterocycles. The first-order valence-corrected chi connectivity index (χ1v) is 6.94. The molecule has 1 fully saturated rings. The monoisotopic (exact) mass is 256 g/mol. The van der Waals surface area contributed by atoms with Crippen LogP contribution in [-0.4, -0.2) is 41.0 Å². The van der Waals surface area contributed by atoms with Gasteiger partial charge in [0.2, 0.25) is 0 Å². The summed E-state index contributed by atoms with van der Waals surface area (Å²) in [6, 6.07) is 8.63. The zero-order valence-electron chi connectivity index (χ0n) is 11.3. The molecule has 0 bridgehead atoms. The Bertz CT molecular complexity index is 547. The summed E-state index contributed by atoms with van der Waals surface area (Å²) in [7, 11) is 2.19. The topological polar surface area (TPSA) is 41.0 Å². The largest absolute Gasteiger partial charge is 0.308 e. The number of benzene rings is 1. The predicted molar refractivity (Wildman–Crippen MR) is 76.9 cm³/mol. The van der Waals surface area contributed by atoms with Gasteiger partial charge in [-0.1, -0.05) is 12.1 Å². The molecule has 19 heavy (non-hydrogen) atoms. The number of nitrogens with zero attached hydrogens (tertiary/aromatic N) is 3. The van der Waals surface area contributed by atoms with E-state index in [9.17, 15) is 0 Å². The van der Waals surface area contributed by atoms with Crippen LogP contribution < -0.4 is 5.32 Å². The van der Waals surface area contributed by atoms with Gasteiger partial charge < -0.3 is 10.2 Å². The van der Waals surface area contributed by atoms with Crippen LogP contribution in [0.5, 0.6) is 0 Å². The minimum Gasteiger partial charge on any atom is -0.308 e. The van der Waals surface area contributed by atoms with E-state index in [0.717, 1.165) is 23.3 Å². The van der Waals surface area contributed by atoms with Crippen LogP contribution in [0, 0.1) is 0 Å². The second-order valence-corrected chi connectivity index (χ2v) is 5.31. The Balaban J connectivity index is 1.62. The molecule has 2 heterocycles. The lowest BCUT2D eigenvalue weighted by Gasteiger charge is -2.29. The molecule has 2 aromatic rings. The SMILES string of the molecule is CN1CCC(NCc2cnc3ccccc3n2)CC1. The summed E-state index contributed by atoms with van der Waals surface area (Å²) in [5, 5.41) is 3.59. The molecule has 1 aromatic carbocycles. The van der Waals surface area contributed by atoms with Gasteiger partial charge in [0.05, 0.1) is 22.9 Å². The van der Waals surface area contributed by atoms with Gasteiger partial charge in [-0.25, -0.2) is 4.98 Å². The van der Waals surface area contributed by atoms with Crippen LogP contribution in [0.3, 0.4) is 0 Å². The van der Waals surface area contributed by atoms with Crippen LogP contribution in [0.4, 0.5) is 0 Å². The highest BCUT2D eigenvalue weighted by Crippen LogP contribution is 2.11. The Hall–Kier alpha value is -1.52. The lowest BCUT2D eigenvalue weighted by molar-refractivity contribution is 0.233. The van der Waals surface area contributed by atoms with Gasteiger partial charge >= 0.3 is 0 Å². The van der Waals surface area contributed by atoms with E-state index in [4.69, 9.17) is 0 Å². The maximum atomic E-state index is 4.64. The summed E-state index contributed by atoms with van der Waals surface area (Å²) in [6.45, 7) is 3.17. The van der Waals surface area contributed by atoms with Gasteiger partial charge in [-0.2, -0.15) is 0 Å². The van der Waals surface area contributed by atoms with E-state index in [1.807, 2.05) is 30.5 Å². The molecule has 0 spiro atoms. The van der Waals surface area contributed by atoms with Gasteiger partial charge in [-0.15, -0.1) is 0 Å². The van der Waals surface area contributed by atoms with Crippen molar-refractivity contribution in [3.8, 4) is 0 Å². The molecule has 1 N–H and O–H groups in total. The van der Waals surface area contributed by atoms with Crippen LogP contribution in [0.25, 0.3) is 11.0 Å².